The molecule has 0 aliphatic rings. The monoisotopic (exact) mass is 774 g/mol. The van der Waals surface area contributed by atoms with Crippen molar-refractivity contribution in [2.24, 2.45) is 0 Å². The summed E-state index contributed by atoms with van der Waals surface area (Å²) in [5.74, 6) is 1.85. The predicted octanol–water partition coefficient (Wildman–Crippen LogP) is 7.80. The van der Waals surface area contributed by atoms with Crippen molar-refractivity contribution in [3.63, 3.8) is 0 Å². The van der Waals surface area contributed by atoms with E-state index in [0.717, 1.165) is 39.2 Å². The molecule has 12 nitrogen and oxygen atoms in total. The highest BCUT2D eigenvalue weighted by Crippen LogP contribution is 2.27. The van der Waals surface area contributed by atoms with Crippen molar-refractivity contribution < 1.29 is 28.5 Å². The molecule has 0 aliphatic carbocycles. The number of carbonyl (C=O) groups is 2. The molecule has 0 fully saturated rings. The van der Waals surface area contributed by atoms with Crippen LogP contribution in [0.3, 0.4) is 0 Å². The SMILES string of the molecule is COc1cccc(CN(Cc2ccc(N(C)C)cc2)C(=O)Oc2cc(CNN(C)C)cc(OC(=O)N(Cc3ccc(N(C)C)cc3)Cc3cccc(OC)c3)c2)c1. The number of nitrogens with one attached hydrogen (secondary N) is 1. The minimum atomic E-state index is -0.565. The van der Waals surface area contributed by atoms with Crippen molar-refractivity contribution >= 4 is 23.6 Å². The van der Waals surface area contributed by atoms with Gasteiger partial charge in [-0.15, -0.1) is 0 Å². The molecule has 0 radical (unpaired) electrons. The van der Waals surface area contributed by atoms with Gasteiger partial charge in [-0.1, -0.05) is 48.5 Å². The highest BCUT2D eigenvalue weighted by molar-refractivity contribution is 5.73. The van der Waals surface area contributed by atoms with E-state index in [-0.39, 0.29) is 24.6 Å². The van der Waals surface area contributed by atoms with Crippen LogP contribution in [0.25, 0.3) is 0 Å². The van der Waals surface area contributed by atoms with Crippen LogP contribution in [0, 0.1) is 0 Å². The van der Waals surface area contributed by atoms with Crippen molar-refractivity contribution in [1.82, 2.24) is 20.2 Å². The Morgan fingerprint density at radius 2 is 0.860 bits per heavy atom. The number of hydrogen-bond acceptors (Lipinski definition) is 10. The maximum atomic E-state index is 14.1. The molecular formula is C45H54N6O6. The summed E-state index contributed by atoms with van der Waals surface area (Å²) in [4.78, 5) is 35.5. The van der Waals surface area contributed by atoms with Crippen LogP contribution in [0.15, 0.2) is 115 Å². The van der Waals surface area contributed by atoms with Gasteiger partial charge in [0.25, 0.3) is 0 Å². The fraction of sp³-hybridized carbons (Fsp3) is 0.289. The van der Waals surface area contributed by atoms with Gasteiger partial charge in [-0.05, 0) is 88.5 Å². The molecule has 0 saturated heterocycles. The van der Waals surface area contributed by atoms with Crippen molar-refractivity contribution in [3.05, 3.63) is 143 Å². The summed E-state index contributed by atoms with van der Waals surface area (Å²) < 4.78 is 23.1. The zero-order valence-electron chi connectivity index (χ0n) is 34.2. The van der Waals surface area contributed by atoms with Crippen LogP contribution in [0.1, 0.15) is 27.8 Å². The van der Waals surface area contributed by atoms with Crippen LogP contribution < -0.4 is 34.2 Å². The molecule has 12 heteroatoms. The van der Waals surface area contributed by atoms with Gasteiger partial charge in [0, 0.05) is 92.5 Å². The first kappa shape index (κ1) is 41.9. The summed E-state index contributed by atoms with van der Waals surface area (Å²) >= 11 is 0. The lowest BCUT2D eigenvalue weighted by molar-refractivity contribution is 0.144. The van der Waals surface area contributed by atoms with Crippen LogP contribution >= 0.6 is 0 Å². The lowest BCUT2D eigenvalue weighted by Crippen LogP contribution is -2.33. The second-order valence-corrected chi connectivity index (χ2v) is 14.3. The van der Waals surface area contributed by atoms with Crippen LogP contribution in [0.4, 0.5) is 21.0 Å². The fourth-order valence-electron chi connectivity index (χ4n) is 6.02. The van der Waals surface area contributed by atoms with Gasteiger partial charge < -0.3 is 28.7 Å². The molecule has 0 spiro atoms. The van der Waals surface area contributed by atoms with Crippen LogP contribution in [0.2, 0.25) is 0 Å². The third-order valence-corrected chi connectivity index (χ3v) is 9.13. The lowest BCUT2D eigenvalue weighted by atomic mass is 10.1. The molecule has 300 valence electrons. The van der Waals surface area contributed by atoms with E-state index < -0.39 is 12.2 Å². The zero-order chi connectivity index (χ0) is 40.9. The lowest BCUT2D eigenvalue weighted by Gasteiger charge is -2.24. The molecule has 0 unspecified atom stereocenters. The Labute approximate surface area is 336 Å². The van der Waals surface area contributed by atoms with Gasteiger partial charge in [-0.3, -0.25) is 20.2 Å². The fourth-order valence-corrected chi connectivity index (χ4v) is 6.02. The standard InChI is InChI=1S/C45H54N6O6/c1-47(2)38-19-15-33(16-20-38)29-50(31-35-11-9-13-40(23-35)54-7)44(52)56-42-25-37(28-46-49(5)6)26-43(27-42)57-45(53)51(32-36-12-10-14-41(24-36)55-8)30-34-17-21-39(22-18-34)48(3)4/h9-27,46H,28-32H2,1-8H3. The maximum absolute atomic E-state index is 14.1. The summed E-state index contributed by atoms with van der Waals surface area (Å²) in [5, 5.41) is 1.82. The summed E-state index contributed by atoms with van der Waals surface area (Å²) in [5.41, 5.74) is 9.72. The number of hydrazine groups is 1. The largest absolute Gasteiger partial charge is 0.497 e. The third kappa shape index (κ3) is 12.6. The van der Waals surface area contributed by atoms with E-state index in [1.165, 1.54) is 0 Å². The second-order valence-electron chi connectivity index (χ2n) is 14.3. The number of amides is 2. The Bertz CT molecular complexity index is 1930. The minimum absolute atomic E-state index is 0.234. The molecule has 0 saturated carbocycles. The van der Waals surface area contributed by atoms with Gasteiger partial charge in [0.05, 0.1) is 14.2 Å². The number of methoxy groups -OCH3 is 2. The van der Waals surface area contributed by atoms with Crippen LogP contribution in [-0.2, 0) is 32.7 Å². The zero-order valence-corrected chi connectivity index (χ0v) is 34.2. The molecule has 5 rings (SSSR count). The van der Waals surface area contributed by atoms with Gasteiger partial charge in [0.15, 0.2) is 0 Å². The molecular weight excluding hydrogens is 721 g/mol. The first-order chi connectivity index (χ1) is 27.4. The highest BCUT2D eigenvalue weighted by atomic mass is 16.6. The Kier molecular flexibility index (Phi) is 14.8. The summed E-state index contributed by atoms with van der Waals surface area (Å²) in [6.07, 6.45) is -1.13. The molecule has 5 aromatic carbocycles. The normalized spacial score (nSPS) is 10.8. The van der Waals surface area contributed by atoms with Crippen LogP contribution in [0.5, 0.6) is 23.0 Å². The van der Waals surface area contributed by atoms with Gasteiger partial charge >= 0.3 is 12.2 Å². The van der Waals surface area contributed by atoms with E-state index in [4.69, 9.17) is 18.9 Å². The topological polar surface area (TPSA) is 99.3 Å². The van der Waals surface area contributed by atoms with E-state index in [1.807, 2.05) is 154 Å². The summed E-state index contributed by atoms with van der Waals surface area (Å²) in [6.45, 7) is 1.51. The number of hydrogen-bond donors (Lipinski definition) is 1. The Hall–Kier alpha value is -6.24. The first-order valence-electron chi connectivity index (χ1n) is 18.7. The average molecular weight is 775 g/mol. The van der Waals surface area contributed by atoms with E-state index >= 15 is 0 Å². The van der Waals surface area contributed by atoms with Gasteiger partial charge in [0.1, 0.15) is 23.0 Å². The summed E-state index contributed by atoms with van der Waals surface area (Å²) in [6, 6.07) is 36.3. The number of ether oxygens (including phenoxy) is 4. The van der Waals surface area contributed by atoms with Crippen molar-refractivity contribution in [2.45, 2.75) is 32.7 Å². The first-order valence-corrected chi connectivity index (χ1v) is 18.7. The average Bonchev–Trinajstić information content (AvgIpc) is 3.20. The second kappa shape index (κ2) is 20.1. The smallest absolute Gasteiger partial charge is 0.415 e. The van der Waals surface area contributed by atoms with Crippen molar-refractivity contribution in [3.8, 4) is 23.0 Å². The van der Waals surface area contributed by atoms with Gasteiger partial charge in [-0.25, -0.2) is 9.59 Å². The molecule has 0 atom stereocenters. The number of benzene rings is 5. The van der Waals surface area contributed by atoms with Crippen molar-refractivity contribution in [2.75, 3.05) is 66.3 Å². The number of rotatable bonds is 17. The molecule has 1 N–H and O–H groups in total. The number of nitrogens with zero attached hydrogens (tertiary/aromatic N) is 5. The quantitative estimate of drug-likeness (QED) is 0.0943. The molecule has 2 amide bonds. The number of anilines is 2. The molecule has 0 aromatic heterocycles. The van der Waals surface area contributed by atoms with Gasteiger partial charge in [0.2, 0.25) is 0 Å². The molecule has 5 aromatic rings. The third-order valence-electron chi connectivity index (χ3n) is 9.13. The molecule has 0 aliphatic heterocycles. The number of carbonyl (C=O) groups excluding carboxylic acids is 2. The highest BCUT2D eigenvalue weighted by Gasteiger charge is 2.22. The molecule has 57 heavy (non-hydrogen) atoms. The minimum Gasteiger partial charge on any atom is -0.497 e. The van der Waals surface area contributed by atoms with E-state index in [9.17, 15) is 9.59 Å². The Balaban J connectivity index is 1.43. The van der Waals surface area contributed by atoms with E-state index in [2.05, 4.69) is 5.43 Å². The van der Waals surface area contributed by atoms with E-state index in [0.29, 0.717) is 31.1 Å². The summed E-state index contributed by atoms with van der Waals surface area (Å²) in [7, 11) is 14.9. The van der Waals surface area contributed by atoms with E-state index in [1.54, 1.807) is 42.2 Å². The molecule has 0 bridgehead atoms. The van der Waals surface area contributed by atoms with Crippen molar-refractivity contribution in [1.29, 1.82) is 0 Å². The predicted molar refractivity (Wildman–Crippen MR) is 225 cm³/mol. The van der Waals surface area contributed by atoms with Crippen LogP contribution in [-0.4, -0.2) is 83.5 Å². The molecule has 0 heterocycles. The maximum Gasteiger partial charge on any atom is 0.415 e. The Morgan fingerprint density at radius 1 is 0.474 bits per heavy atom. The van der Waals surface area contributed by atoms with Gasteiger partial charge in [-0.2, -0.15) is 0 Å². The Morgan fingerprint density at radius 3 is 1.23 bits per heavy atom.